The summed E-state index contributed by atoms with van der Waals surface area (Å²) in [7, 11) is 0. The van der Waals surface area contributed by atoms with Gasteiger partial charge in [-0.15, -0.1) is 0 Å². The minimum atomic E-state index is -1.12. The summed E-state index contributed by atoms with van der Waals surface area (Å²) in [6.45, 7) is 20.9. The first-order valence-electron chi connectivity index (χ1n) is 41.6. The topological polar surface area (TPSA) is 363 Å². The Morgan fingerprint density at radius 1 is 0.400 bits per heavy atom. The Hall–Kier alpha value is -11.6. The van der Waals surface area contributed by atoms with Crippen molar-refractivity contribution in [2.24, 2.45) is 0 Å². The van der Waals surface area contributed by atoms with Gasteiger partial charge in [-0.3, -0.25) is 57.4 Å². The Labute approximate surface area is 828 Å². The number of aromatic nitrogens is 9. The van der Waals surface area contributed by atoms with Crippen molar-refractivity contribution in [3.05, 3.63) is 238 Å². The predicted molar refractivity (Wildman–Crippen MR) is 530 cm³/mol. The molecule has 0 saturated carbocycles. The van der Waals surface area contributed by atoms with Gasteiger partial charge in [0.1, 0.15) is 51.8 Å². The van der Waals surface area contributed by atoms with Gasteiger partial charge in [-0.25, -0.2) is 28.1 Å². The molecule has 0 radical (unpaired) electrons. The fourth-order valence-corrected chi connectivity index (χ4v) is 20.3. The molecule has 9 aromatic heterocycles. The molecule has 135 heavy (non-hydrogen) atoms. The second-order valence-electron chi connectivity index (χ2n) is 33.0. The fourth-order valence-electron chi connectivity index (χ4n) is 17.2. The van der Waals surface area contributed by atoms with E-state index in [1.54, 1.807) is 74.6 Å². The number of amides is 3. The van der Waals surface area contributed by atoms with Crippen molar-refractivity contribution in [2.45, 2.75) is 80.1 Å². The van der Waals surface area contributed by atoms with E-state index in [2.05, 4.69) is 29.8 Å². The summed E-state index contributed by atoms with van der Waals surface area (Å²) in [5, 5.41) is 29.6. The molecule has 6 N–H and O–H groups in total. The highest BCUT2D eigenvalue weighted by molar-refractivity contribution is 6.50. The maximum Gasteiger partial charge on any atom is 0.276 e. The number of fused-ring (bicyclic) bond motifs is 3. The van der Waals surface area contributed by atoms with Crippen molar-refractivity contribution in [3.8, 4) is 69.0 Å². The lowest BCUT2D eigenvalue weighted by atomic mass is 10.0. The van der Waals surface area contributed by atoms with E-state index in [-0.39, 0.29) is 250 Å². The van der Waals surface area contributed by atoms with Gasteiger partial charge in [-0.2, -0.15) is 15.8 Å². The first-order chi connectivity index (χ1) is 64.0. The van der Waals surface area contributed by atoms with Crippen LogP contribution in [-0.2, 0) is 14.4 Å². The molecule has 3 aliphatic heterocycles. The molecule has 0 unspecified atom stereocenters. The lowest BCUT2D eigenvalue weighted by Gasteiger charge is -2.36. The molecule has 12 aromatic rings. The molecule has 0 aliphatic carbocycles. The largest absolute Gasteiger partial charge is 0.395 e. The predicted octanol–water partition coefficient (Wildman–Crippen LogP) is 20.4. The molecule has 15 rings (SSSR count). The number of halogens is 15. The van der Waals surface area contributed by atoms with Gasteiger partial charge in [0, 0.05) is 130 Å². The average Bonchev–Trinajstić information content (AvgIpc) is 0.726. The van der Waals surface area contributed by atoms with Gasteiger partial charge in [-0.1, -0.05) is 187 Å². The van der Waals surface area contributed by atoms with Crippen LogP contribution in [0.5, 0.6) is 0 Å². The summed E-state index contributed by atoms with van der Waals surface area (Å²) in [5.74, 6) is -5.78. The van der Waals surface area contributed by atoms with Gasteiger partial charge in [0.15, 0.2) is 17.5 Å². The molecule has 27 nitrogen and oxygen atoms in total. The first-order valence-corrected chi connectivity index (χ1v) is 46.1. The number of nitrogen functional groups attached to an aromatic ring is 3. The molecule has 0 bridgehead atoms. The second-order valence-corrected chi connectivity index (χ2v) is 37.6. The summed E-state index contributed by atoms with van der Waals surface area (Å²) in [5.41, 5.74) is 16.3. The summed E-state index contributed by atoms with van der Waals surface area (Å²) in [6.07, 6.45) is 8.43. The highest BCUT2D eigenvalue weighted by Crippen LogP contribution is 2.52. The van der Waals surface area contributed by atoms with Crippen molar-refractivity contribution in [1.29, 1.82) is 15.8 Å². The molecule has 692 valence electrons. The number of hydrogen-bond acceptors (Lipinski definition) is 21. The van der Waals surface area contributed by atoms with Crippen molar-refractivity contribution < 1.29 is 27.6 Å². The highest BCUT2D eigenvalue weighted by atomic mass is 35.5. The number of carbonyl (C=O) groups excluding carboxylic acids is 3. The van der Waals surface area contributed by atoms with E-state index in [0.29, 0.717) is 33.8 Å². The van der Waals surface area contributed by atoms with Gasteiger partial charge in [0.25, 0.3) is 16.7 Å². The van der Waals surface area contributed by atoms with Crippen LogP contribution >= 0.6 is 139 Å². The third kappa shape index (κ3) is 17.1. The zero-order chi connectivity index (χ0) is 97.9. The van der Waals surface area contributed by atoms with Crippen LogP contribution in [-0.4, -0.2) is 155 Å². The monoisotopic (exact) mass is 2060 g/mol. The van der Waals surface area contributed by atoms with Crippen LogP contribution in [0.2, 0.25) is 60.3 Å². The van der Waals surface area contributed by atoms with Gasteiger partial charge < -0.3 is 46.6 Å². The molecule has 0 spiro atoms. The number of benzene rings is 3. The number of pyridine rings is 9. The average molecular weight is 2060 g/mol. The first kappa shape index (κ1) is 97.9. The Morgan fingerprint density at radius 2 is 0.681 bits per heavy atom. The van der Waals surface area contributed by atoms with Gasteiger partial charge in [0.05, 0.1) is 157 Å². The van der Waals surface area contributed by atoms with Crippen molar-refractivity contribution in [2.75, 3.05) is 110 Å². The van der Waals surface area contributed by atoms with Crippen molar-refractivity contribution in [3.63, 3.8) is 0 Å². The van der Waals surface area contributed by atoms with Gasteiger partial charge in [-0.05, 0) is 110 Å². The maximum atomic E-state index is 15.9. The van der Waals surface area contributed by atoms with Gasteiger partial charge in [0.2, 0.25) is 17.7 Å². The number of rotatable bonds is 17. The molecule has 0 atom stereocenters. The number of aryl methyl sites for hydroxylation is 3. The van der Waals surface area contributed by atoms with E-state index in [1.807, 2.05) is 41.5 Å². The molecule has 3 fully saturated rings. The van der Waals surface area contributed by atoms with Crippen molar-refractivity contribution in [1.82, 2.24) is 58.3 Å². The number of nitrogens with zero attached hydrogens (tertiary/aromatic N) is 18. The second kappa shape index (κ2) is 38.5. The number of nitrogens with two attached hydrogens (primary N) is 3. The minimum absolute atomic E-state index is 0.0114. The molecular weight excluding hydrogens is 1990 g/mol. The number of nitriles is 3. The molecule has 3 aromatic carbocycles. The normalized spacial score (nSPS) is 13.9. The van der Waals surface area contributed by atoms with E-state index in [9.17, 15) is 30.2 Å². The Balaban J connectivity index is 0.745. The molecular formula is C93H74Cl12F3N21O6. The summed E-state index contributed by atoms with van der Waals surface area (Å²) in [4.78, 5) is 128. The SMILES string of the molecule is C=CC(=O)N1CCN(c2c(C#N)c(=O)n(-c3c(C)cc(/C=C\C(=O)N4CCN(c5c(C#N)c(=O)n(-c6c(C)cc(/C=C\C(=O)N7CCN(c8c(C#N)c(=O)n(-c9c(C)ccnc9C(C)C)c9nc(-c%10c(Cl)c(N)c(F)c(Cl)c%10Cl)c(Cl)cc89)CC7)nc6C(C)C)c6nc(-c7c(Cl)c(N)c(F)c(Cl)c7Cl)c(Cl)cc56)CC4)nc3C(C)C)c3nc(-c4c(Cl)c(N)c(F)c(Cl)c4Cl)c(Cl)cc23)CC1. The number of carbonyl (C=O) groups is 3. The van der Waals surface area contributed by atoms with Crippen LogP contribution < -0.4 is 48.6 Å². The zero-order valence-electron chi connectivity index (χ0n) is 72.8. The fraction of sp³-hybridized carbons (Fsp3) is 0.258. The molecule has 3 amide bonds. The maximum absolute atomic E-state index is 15.9. The lowest BCUT2D eigenvalue weighted by Crippen LogP contribution is -2.49. The molecule has 12 heterocycles. The third-order valence-corrected chi connectivity index (χ3v) is 28.3. The van der Waals surface area contributed by atoms with E-state index >= 15 is 27.6 Å². The van der Waals surface area contributed by atoms with Crippen LogP contribution in [0.3, 0.4) is 0 Å². The quantitative estimate of drug-likeness (QED) is 0.0330. The number of anilines is 6. The minimum Gasteiger partial charge on any atom is -0.395 e. The molecule has 3 saturated heterocycles. The zero-order valence-corrected chi connectivity index (χ0v) is 81.8. The van der Waals surface area contributed by atoms with Crippen LogP contribution in [0.1, 0.15) is 121 Å². The van der Waals surface area contributed by atoms with E-state index < -0.39 is 105 Å². The Bertz CT molecular complexity index is 7530. The summed E-state index contributed by atoms with van der Waals surface area (Å²) in [6, 6.07) is 15.7. The van der Waals surface area contributed by atoms with Crippen molar-refractivity contribution >= 4 is 236 Å². The van der Waals surface area contributed by atoms with Crippen LogP contribution in [0.15, 0.2) is 81.8 Å². The van der Waals surface area contributed by atoms with E-state index in [1.165, 1.54) is 62.3 Å². The van der Waals surface area contributed by atoms with E-state index in [0.717, 1.165) is 0 Å². The van der Waals surface area contributed by atoms with Gasteiger partial charge >= 0.3 is 0 Å². The highest BCUT2D eigenvalue weighted by Gasteiger charge is 2.38. The summed E-state index contributed by atoms with van der Waals surface area (Å²) >= 11 is 81.2. The third-order valence-electron chi connectivity index (χ3n) is 23.8. The number of hydrogen-bond donors (Lipinski definition) is 3. The lowest BCUT2D eigenvalue weighted by molar-refractivity contribution is -0.127. The smallest absolute Gasteiger partial charge is 0.276 e. The molecule has 42 heteroatoms. The van der Waals surface area contributed by atoms with Crippen LogP contribution in [0.4, 0.5) is 47.3 Å². The standard InChI is InChI=1S/C93H74Cl12F3N21O6/c1-11-55(130)121-18-24-124(25-19-121)86-47-33-53(95)80(59-62(98)68(104)71(107)74(113)65(59)101)119-89(47)128(92(134)50(86)36-110)83-42(9)30-44(116-77(83)39(4)5)13-15-57(132)123-22-28-126(29-23-123)87-48-34-54(96)81(60-63(99)69(105)72(108)75(114)66(60)102)120-90(48)129(93(135)51(87)37-111)84-43(10)31-45(117-78(84)40(6)7)12-14-56(131)122-20-26-125(27-21-122)85-46-32-52(94)79(58-61(97)67(103)70(106)73(112)64(58)100)118-88(46)127(91(133)49(85)35-109)82-41(8)16-17-115-76(82)38(2)3/h11-17,30-34,38-40H,1,18-29,112-114H2,2-10H3/b14-12-,15-13-. The summed E-state index contributed by atoms with van der Waals surface area (Å²) < 4.78 is 49.8. The molecule has 3 aliphatic rings. The van der Waals surface area contributed by atoms with Crippen LogP contribution in [0, 0.1) is 72.2 Å². The number of piperazine rings is 3. The van der Waals surface area contributed by atoms with E-state index in [4.69, 9.17) is 181 Å². The Kier molecular flexibility index (Phi) is 27.9. The van der Waals surface area contributed by atoms with Crippen LogP contribution in [0.25, 0.3) is 96.1 Å². The Morgan fingerprint density at radius 3 is 0.956 bits per heavy atom.